The molecule has 166 valence electrons. The summed E-state index contributed by atoms with van der Waals surface area (Å²) in [7, 11) is 0. The van der Waals surface area contributed by atoms with Crippen LogP contribution >= 0.6 is 11.6 Å². The fourth-order valence-corrected chi connectivity index (χ4v) is 5.05. The predicted molar refractivity (Wildman–Crippen MR) is 121 cm³/mol. The van der Waals surface area contributed by atoms with Crippen molar-refractivity contribution in [1.82, 2.24) is 9.80 Å². The lowest BCUT2D eigenvalue weighted by Crippen LogP contribution is -2.49. The Balaban J connectivity index is 1.25. The number of hydrogen-bond acceptors (Lipinski definition) is 3. The van der Waals surface area contributed by atoms with E-state index in [0.717, 1.165) is 26.0 Å². The Hall–Kier alpha value is -1.95. The summed E-state index contributed by atoms with van der Waals surface area (Å²) in [4.78, 5) is 17.1. The summed E-state index contributed by atoms with van der Waals surface area (Å²) in [5, 5.41) is 0.318. The van der Waals surface area contributed by atoms with Crippen molar-refractivity contribution in [2.75, 3.05) is 26.2 Å². The third kappa shape index (κ3) is 5.65. The van der Waals surface area contributed by atoms with E-state index in [-0.39, 0.29) is 12.3 Å². The fourth-order valence-electron chi connectivity index (χ4n) is 4.82. The molecule has 4 nitrogen and oxygen atoms in total. The minimum atomic E-state index is -0.411. The molecule has 0 N–H and O–H groups in total. The molecule has 4 rings (SSSR count). The van der Waals surface area contributed by atoms with Crippen LogP contribution in [-0.2, 0) is 22.6 Å². The van der Waals surface area contributed by atoms with Gasteiger partial charge in [-0.25, -0.2) is 4.39 Å². The van der Waals surface area contributed by atoms with Gasteiger partial charge in [0.1, 0.15) is 5.82 Å². The van der Waals surface area contributed by atoms with Crippen LogP contribution in [0.15, 0.2) is 48.5 Å². The van der Waals surface area contributed by atoms with E-state index in [1.165, 1.54) is 24.5 Å². The van der Waals surface area contributed by atoms with Crippen molar-refractivity contribution in [2.45, 2.75) is 50.8 Å². The number of likely N-dealkylation sites (tertiary alicyclic amines) is 2. The van der Waals surface area contributed by atoms with Crippen LogP contribution in [0, 0.1) is 5.82 Å². The molecule has 0 bridgehead atoms. The molecule has 0 unspecified atom stereocenters. The molecule has 2 aliphatic heterocycles. The molecule has 0 radical (unpaired) electrons. The van der Waals surface area contributed by atoms with E-state index in [9.17, 15) is 9.18 Å². The molecule has 0 spiro atoms. The van der Waals surface area contributed by atoms with Gasteiger partial charge in [-0.05, 0) is 49.9 Å². The summed E-state index contributed by atoms with van der Waals surface area (Å²) in [5.74, 6) is -0.458. The predicted octanol–water partition coefficient (Wildman–Crippen LogP) is 4.69. The molecule has 0 aliphatic carbocycles. The number of amides is 1. The zero-order chi connectivity index (χ0) is 21.6. The molecule has 2 aromatic carbocycles. The van der Waals surface area contributed by atoms with Gasteiger partial charge in [0, 0.05) is 35.8 Å². The van der Waals surface area contributed by atoms with Gasteiger partial charge < -0.3 is 9.64 Å². The molecular weight excluding hydrogens is 415 g/mol. The molecule has 31 heavy (non-hydrogen) atoms. The topological polar surface area (TPSA) is 32.8 Å². The van der Waals surface area contributed by atoms with Crippen molar-refractivity contribution in [3.05, 3.63) is 70.5 Å². The summed E-state index contributed by atoms with van der Waals surface area (Å²) < 4.78 is 20.0. The summed E-state index contributed by atoms with van der Waals surface area (Å²) in [6, 6.07) is 15.8. The third-order valence-corrected chi connectivity index (χ3v) is 6.87. The van der Waals surface area contributed by atoms with Gasteiger partial charge in [-0.3, -0.25) is 9.69 Å². The van der Waals surface area contributed by atoms with E-state index >= 15 is 0 Å². The monoisotopic (exact) mass is 444 g/mol. The smallest absolute Gasteiger partial charge is 0.227 e. The quantitative estimate of drug-likeness (QED) is 0.620. The maximum atomic E-state index is 14.0. The number of carbonyl (C=O) groups is 1. The highest BCUT2D eigenvalue weighted by Crippen LogP contribution is 2.27. The molecule has 1 atom stereocenters. The highest BCUT2D eigenvalue weighted by molar-refractivity contribution is 6.31. The van der Waals surface area contributed by atoms with Gasteiger partial charge in [-0.2, -0.15) is 0 Å². The van der Waals surface area contributed by atoms with Crippen molar-refractivity contribution < 1.29 is 13.9 Å². The maximum absolute atomic E-state index is 14.0. The van der Waals surface area contributed by atoms with Gasteiger partial charge in [0.05, 0.1) is 19.6 Å². The molecule has 2 fully saturated rings. The Labute approximate surface area is 188 Å². The van der Waals surface area contributed by atoms with Gasteiger partial charge in [0.2, 0.25) is 5.91 Å². The lowest BCUT2D eigenvalue weighted by molar-refractivity contribution is -0.132. The van der Waals surface area contributed by atoms with Crippen LogP contribution in [-0.4, -0.2) is 54.0 Å². The van der Waals surface area contributed by atoms with Crippen molar-refractivity contribution in [3.8, 4) is 0 Å². The van der Waals surface area contributed by atoms with Crippen molar-refractivity contribution in [3.63, 3.8) is 0 Å². The second-order valence-corrected chi connectivity index (χ2v) is 8.93. The second-order valence-electron chi connectivity index (χ2n) is 8.52. The van der Waals surface area contributed by atoms with Gasteiger partial charge in [0.25, 0.3) is 0 Å². The number of carbonyl (C=O) groups excluding carboxylic acids is 1. The molecule has 2 aromatic rings. The number of ether oxygens (including phenoxy) is 1. The summed E-state index contributed by atoms with van der Waals surface area (Å²) >= 11 is 6.09. The lowest BCUT2D eigenvalue weighted by Gasteiger charge is -2.39. The zero-order valence-corrected chi connectivity index (χ0v) is 18.6. The van der Waals surface area contributed by atoms with Gasteiger partial charge in [-0.1, -0.05) is 48.0 Å². The number of halogens is 2. The highest BCUT2D eigenvalue weighted by Gasteiger charge is 2.34. The number of rotatable bonds is 7. The second kappa shape index (κ2) is 10.6. The Morgan fingerprint density at radius 1 is 1.03 bits per heavy atom. The van der Waals surface area contributed by atoms with E-state index in [1.807, 2.05) is 23.1 Å². The number of piperidine rings is 1. The molecule has 2 heterocycles. The van der Waals surface area contributed by atoms with Crippen molar-refractivity contribution in [1.29, 1.82) is 0 Å². The van der Waals surface area contributed by atoms with Gasteiger partial charge in [0.15, 0.2) is 0 Å². The van der Waals surface area contributed by atoms with E-state index in [4.69, 9.17) is 16.3 Å². The molecule has 0 saturated carbocycles. The number of nitrogens with zero attached hydrogens (tertiary/aromatic N) is 2. The summed E-state index contributed by atoms with van der Waals surface area (Å²) in [6.07, 6.45) is 4.29. The van der Waals surface area contributed by atoms with Crippen LogP contribution in [0.5, 0.6) is 0 Å². The molecular formula is C25H30ClFN2O2. The Kier molecular flexibility index (Phi) is 7.59. The van der Waals surface area contributed by atoms with Crippen LogP contribution in [0.3, 0.4) is 0 Å². The van der Waals surface area contributed by atoms with Crippen molar-refractivity contribution >= 4 is 17.5 Å². The molecule has 2 aliphatic rings. The molecule has 0 aromatic heterocycles. The van der Waals surface area contributed by atoms with Crippen LogP contribution < -0.4 is 0 Å². The van der Waals surface area contributed by atoms with E-state index in [2.05, 4.69) is 17.0 Å². The van der Waals surface area contributed by atoms with Gasteiger partial charge >= 0.3 is 0 Å². The molecule has 1 amide bonds. The fraction of sp³-hybridized carbons (Fsp3) is 0.480. The van der Waals surface area contributed by atoms with Crippen LogP contribution in [0.25, 0.3) is 0 Å². The average Bonchev–Trinajstić information content (AvgIpc) is 3.26. The largest absolute Gasteiger partial charge is 0.375 e. The maximum Gasteiger partial charge on any atom is 0.227 e. The first-order chi connectivity index (χ1) is 15.1. The third-order valence-electron chi connectivity index (χ3n) is 6.52. The minimum absolute atomic E-state index is 0.0236. The van der Waals surface area contributed by atoms with Crippen LogP contribution in [0.4, 0.5) is 4.39 Å². The molecule has 2 saturated heterocycles. The zero-order valence-electron chi connectivity index (χ0n) is 17.8. The highest BCUT2D eigenvalue weighted by atomic mass is 35.5. The van der Waals surface area contributed by atoms with E-state index in [1.54, 1.807) is 12.1 Å². The average molecular weight is 445 g/mol. The number of hydrogen-bond donors (Lipinski definition) is 0. The Bertz CT molecular complexity index is 851. The first-order valence-corrected chi connectivity index (χ1v) is 11.6. The van der Waals surface area contributed by atoms with Crippen molar-refractivity contribution in [2.24, 2.45) is 0 Å². The Morgan fingerprint density at radius 3 is 2.55 bits per heavy atom. The summed E-state index contributed by atoms with van der Waals surface area (Å²) in [5.41, 5.74) is 1.50. The first-order valence-electron chi connectivity index (χ1n) is 11.2. The summed E-state index contributed by atoms with van der Waals surface area (Å²) in [6.45, 7) is 3.92. The number of benzene rings is 2. The molecule has 6 heteroatoms. The SMILES string of the molecule is O=C(Cc1c(F)cccc1Cl)N1CCC(N2CCC[C@H]2COCc2ccccc2)CC1. The van der Waals surface area contributed by atoms with E-state index in [0.29, 0.717) is 42.4 Å². The normalized spacial score (nSPS) is 20.3. The standard InChI is InChI=1S/C25H30ClFN2O2/c26-23-9-4-10-24(27)22(23)16-25(30)28-14-11-20(12-15-28)29-13-5-8-21(29)18-31-17-19-6-2-1-3-7-19/h1-4,6-7,9-10,20-21H,5,8,11-18H2/t21-/m0/s1. The minimum Gasteiger partial charge on any atom is -0.375 e. The van der Waals surface area contributed by atoms with Crippen LogP contribution in [0.1, 0.15) is 36.8 Å². The van der Waals surface area contributed by atoms with E-state index < -0.39 is 5.82 Å². The Morgan fingerprint density at radius 2 is 1.81 bits per heavy atom. The first kappa shape index (κ1) is 22.3. The van der Waals surface area contributed by atoms with Crippen LogP contribution in [0.2, 0.25) is 5.02 Å². The lowest BCUT2D eigenvalue weighted by atomic mass is 10.0. The van der Waals surface area contributed by atoms with Gasteiger partial charge in [-0.15, -0.1) is 0 Å².